The van der Waals surface area contributed by atoms with Crippen molar-refractivity contribution in [3.63, 3.8) is 0 Å². The van der Waals surface area contributed by atoms with E-state index in [1.54, 1.807) is 48.5 Å². The Morgan fingerprint density at radius 2 is 1.80 bits per heavy atom. The molecule has 0 fully saturated rings. The maximum Gasteiger partial charge on any atom is 0.319 e. The van der Waals surface area contributed by atoms with Crippen LogP contribution >= 0.6 is 0 Å². The van der Waals surface area contributed by atoms with Gasteiger partial charge in [-0.25, -0.2) is 4.79 Å². The number of hydrogen-bond donors (Lipinski definition) is 3. The molecule has 128 valence electrons. The number of benzene rings is 2. The van der Waals surface area contributed by atoms with Gasteiger partial charge in [0.05, 0.1) is 31.2 Å². The molecule has 0 heterocycles. The summed E-state index contributed by atoms with van der Waals surface area (Å²) in [6.45, 7) is 0. The Hall–Kier alpha value is -3.53. The fourth-order valence-electron chi connectivity index (χ4n) is 2.22. The normalized spacial score (nSPS) is 11.0. The van der Waals surface area contributed by atoms with Crippen LogP contribution in [0, 0.1) is 11.3 Å². The van der Waals surface area contributed by atoms with E-state index in [-0.39, 0.29) is 6.42 Å². The van der Waals surface area contributed by atoms with Crippen molar-refractivity contribution in [2.24, 2.45) is 0 Å². The lowest BCUT2D eigenvalue weighted by molar-refractivity contribution is -0.137. The molecular formula is C18H17N3O4. The molecule has 0 saturated carbocycles. The summed E-state index contributed by atoms with van der Waals surface area (Å²) < 4.78 is 5.07. The van der Waals surface area contributed by atoms with Crippen LogP contribution in [0.1, 0.15) is 23.6 Å². The number of hydrogen-bond acceptors (Lipinski definition) is 4. The molecule has 25 heavy (non-hydrogen) atoms. The van der Waals surface area contributed by atoms with Gasteiger partial charge in [-0.2, -0.15) is 5.26 Å². The standard InChI is InChI=1S/C18H17N3O4/c1-25-15-8-4-13(5-9-15)16(10-17(22)23)21-18(24)20-14-6-2-12(11-19)3-7-14/h2-9,16H,10H2,1H3,(H,22,23)(H2,20,21,24). The molecule has 0 aliphatic carbocycles. The van der Waals surface area contributed by atoms with Crippen molar-refractivity contribution in [1.29, 1.82) is 5.26 Å². The van der Waals surface area contributed by atoms with Crippen LogP contribution in [0.15, 0.2) is 48.5 Å². The van der Waals surface area contributed by atoms with Crippen molar-refractivity contribution in [3.05, 3.63) is 59.7 Å². The summed E-state index contributed by atoms with van der Waals surface area (Å²) in [5, 5.41) is 23.1. The molecule has 1 unspecified atom stereocenters. The van der Waals surface area contributed by atoms with Gasteiger partial charge in [0.1, 0.15) is 5.75 Å². The predicted molar refractivity (Wildman–Crippen MR) is 91.3 cm³/mol. The Morgan fingerprint density at radius 1 is 1.16 bits per heavy atom. The van der Waals surface area contributed by atoms with E-state index in [1.165, 1.54) is 7.11 Å². The number of carboxylic acids is 1. The first-order valence-electron chi connectivity index (χ1n) is 7.45. The second-order valence-electron chi connectivity index (χ2n) is 5.21. The van der Waals surface area contributed by atoms with Crippen LogP contribution in [0.25, 0.3) is 0 Å². The SMILES string of the molecule is COc1ccc(C(CC(=O)O)NC(=O)Nc2ccc(C#N)cc2)cc1. The number of carboxylic acid groups (broad SMARTS) is 1. The van der Waals surface area contributed by atoms with Gasteiger partial charge < -0.3 is 20.5 Å². The number of urea groups is 1. The van der Waals surface area contributed by atoms with E-state index in [0.29, 0.717) is 22.6 Å². The molecule has 0 aromatic heterocycles. The summed E-state index contributed by atoms with van der Waals surface area (Å²) in [6.07, 6.45) is -0.257. The van der Waals surface area contributed by atoms with E-state index < -0.39 is 18.0 Å². The zero-order chi connectivity index (χ0) is 18.2. The lowest BCUT2D eigenvalue weighted by Crippen LogP contribution is -2.33. The third-order valence-electron chi connectivity index (χ3n) is 3.47. The molecule has 0 radical (unpaired) electrons. The van der Waals surface area contributed by atoms with E-state index >= 15 is 0 Å². The van der Waals surface area contributed by atoms with Crippen molar-refractivity contribution >= 4 is 17.7 Å². The van der Waals surface area contributed by atoms with E-state index in [2.05, 4.69) is 10.6 Å². The number of rotatable bonds is 6. The molecule has 0 aliphatic heterocycles. The molecule has 3 N–H and O–H groups in total. The smallest absolute Gasteiger partial charge is 0.319 e. The van der Waals surface area contributed by atoms with Crippen LogP contribution in [0.2, 0.25) is 0 Å². The monoisotopic (exact) mass is 339 g/mol. The number of aliphatic carboxylic acids is 1. The highest BCUT2D eigenvalue weighted by atomic mass is 16.5. The van der Waals surface area contributed by atoms with E-state index in [4.69, 9.17) is 15.1 Å². The van der Waals surface area contributed by atoms with Crippen LogP contribution in [0.4, 0.5) is 10.5 Å². The van der Waals surface area contributed by atoms with Gasteiger partial charge in [0, 0.05) is 5.69 Å². The van der Waals surface area contributed by atoms with Crippen molar-refractivity contribution in [1.82, 2.24) is 5.32 Å². The highest BCUT2D eigenvalue weighted by Gasteiger charge is 2.18. The molecule has 0 aliphatic rings. The fourth-order valence-corrected chi connectivity index (χ4v) is 2.22. The molecule has 7 heteroatoms. The molecule has 2 aromatic rings. The van der Waals surface area contributed by atoms with Crippen LogP contribution in [0.3, 0.4) is 0 Å². The lowest BCUT2D eigenvalue weighted by Gasteiger charge is -2.18. The van der Waals surface area contributed by atoms with Gasteiger partial charge in [-0.05, 0) is 42.0 Å². The maximum atomic E-state index is 12.2. The average molecular weight is 339 g/mol. The first-order chi connectivity index (χ1) is 12.0. The highest BCUT2D eigenvalue weighted by molar-refractivity contribution is 5.89. The zero-order valence-electron chi connectivity index (χ0n) is 13.5. The maximum absolute atomic E-state index is 12.2. The highest BCUT2D eigenvalue weighted by Crippen LogP contribution is 2.20. The van der Waals surface area contributed by atoms with Gasteiger partial charge in [0.25, 0.3) is 0 Å². The van der Waals surface area contributed by atoms with Gasteiger partial charge in [0.2, 0.25) is 0 Å². The number of nitrogens with one attached hydrogen (secondary N) is 2. The number of carbonyl (C=O) groups excluding carboxylic acids is 1. The molecule has 0 bridgehead atoms. The van der Waals surface area contributed by atoms with Gasteiger partial charge in [0.15, 0.2) is 0 Å². The summed E-state index contributed by atoms with van der Waals surface area (Å²) in [5.41, 5.74) is 1.63. The molecular weight excluding hydrogens is 322 g/mol. The van der Waals surface area contributed by atoms with Crippen LogP contribution in [-0.2, 0) is 4.79 Å². The van der Waals surface area contributed by atoms with Crippen molar-refractivity contribution in [2.45, 2.75) is 12.5 Å². The summed E-state index contributed by atoms with van der Waals surface area (Å²) >= 11 is 0. The molecule has 2 aromatic carbocycles. The Bertz CT molecular complexity index is 779. The number of carbonyl (C=O) groups is 2. The number of anilines is 1. The fraction of sp³-hybridized carbons (Fsp3) is 0.167. The lowest BCUT2D eigenvalue weighted by atomic mass is 10.0. The van der Waals surface area contributed by atoms with Crippen LogP contribution in [-0.4, -0.2) is 24.2 Å². The molecule has 0 spiro atoms. The minimum Gasteiger partial charge on any atom is -0.497 e. The van der Waals surface area contributed by atoms with Gasteiger partial charge in [-0.15, -0.1) is 0 Å². The first kappa shape index (κ1) is 17.8. The molecule has 0 saturated heterocycles. The quantitative estimate of drug-likeness (QED) is 0.749. The van der Waals surface area contributed by atoms with E-state index in [1.807, 2.05) is 6.07 Å². The largest absolute Gasteiger partial charge is 0.497 e. The minimum atomic E-state index is -1.03. The van der Waals surface area contributed by atoms with Crippen molar-refractivity contribution in [3.8, 4) is 11.8 Å². The van der Waals surface area contributed by atoms with Gasteiger partial charge >= 0.3 is 12.0 Å². The molecule has 2 rings (SSSR count). The molecule has 1 atom stereocenters. The Morgan fingerprint density at radius 3 is 2.32 bits per heavy atom. The van der Waals surface area contributed by atoms with Crippen molar-refractivity contribution in [2.75, 3.05) is 12.4 Å². The predicted octanol–water partition coefficient (Wildman–Crippen LogP) is 2.90. The summed E-state index contributed by atoms with van der Waals surface area (Å²) in [5.74, 6) is -0.389. The molecule has 2 amide bonds. The van der Waals surface area contributed by atoms with E-state index in [0.717, 1.165) is 0 Å². The first-order valence-corrected chi connectivity index (χ1v) is 7.45. The third kappa shape index (κ3) is 5.25. The summed E-state index contributed by atoms with van der Waals surface area (Å²) in [7, 11) is 1.53. The minimum absolute atomic E-state index is 0.257. The number of nitrogens with zero attached hydrogens (tertiary/aromatic N) is 1. The number of ether oxygens (including phenoxy) is 1. The Balaban J connectivity index is 2.08. The summed E-state index contributed by atoms with van der Waals surface area (Å²) in [6, 6.07) is 13.9. The third-order valence-corrected chi connectivity index (χ3v) is 3.47. The Labute approximate surface area is 144 Å². The second kappa shape index (κ2) is 8.36. The number of amides is 2. The molecule has 7 nitrogen and oxygen atoms in total. The second-order valence-corrected chi connectivity index (χ2v) is 5.21. The number of nitriles is 1. The van der Waals surface area contributed by atoms with Crippen LogP contribution in [0.5, 0.6) is 5.75 Å². The van der Waals surface area contributed by atoms with E-state index in [9.17, 15) is 9.59 Å². The summed E-state index contributed by atoms with van der Waals surface area (Å²) in [4.78, 5) is 23.2. The van der Waals surface area contributed by atoms with Crippen LogP contribution < -0.4 is 15.4 Å². The zero-order valence-corrected chi connectivity index (χ0v) is 13.5. The number of methoxy groups -OCH3 is 1. The topological polar surface area (TPSA) is 111 Å². The van der Waals surface area contributed by atoms with Crippen molar-refractivity contribution < 1.29 is 19.4 Å². The Kier molecular flexibility index (Phi) is 5.96. The van der Waals surface area contributed by atoms with Gasteiger partial charge in [-0.1, -0.05) is 12.1 Å². The average Bonchev–Trinajstić information content (AvgIpc) is 2.61. The van der Waals surface area contributed by atoms with Gasteiger partial charge in [-0.3, -0.25) is 4.79 Å².